The van der Waals surface area contributed by atoms with Crippen molar-refractivity contribution in [3.05, 3.63) is 83.4 Å². The minimum atomic E-state index is -0.930. The molecule has 1 aliphatic rings. The van der Waals surface area contributed by atoms with Crippen molar-refractivity contribution in [2.75, 3.05) is 19.0 Å². The molecule has 11 heteroatoms. The Labute approximate surface area is 225 Å². The van der Waals surface area contributed by atoms with Crippen LogP contribution in [0.2, 0.25) is 0 Å². The predicted octanol–water partition coefficient (Wildman–Crippen LogP) is 1.75. The van der Waals surface area contributed by atoms with E-state index in [0.717, 1.165) is 16.7 Å². The summed E-state index contributed by atoms with van der Waals surface area (Å²) in [5.74, 6) is -0.355. The second kappa shape index (κ2) is 12.3. The molecule has 11 nitrogen and oxygen atoms in total. The zero-order valence-electron chi connectivity index (χ0n) is 21.3. The van der Waals surface area contributed by atoms with Gasteiger partial charge in [0.1, 0.15) is 23.3 Å². The smallest absolute Gasteiger partial charge is 0.281 e. The van der Waals surface area contributed by atoms with E-state index in [4.69, 9.17) is 20.4 Å². The van der Waals surface area contributed by atoms with E-state index in [1.165, 1.54) is 22.5 Å². The Morgan fingerprint density at radius 3 is 2.38 bits per heavy atom. The number of methoxy groups -OCH3 is 1. The number of anilines is 1. The van der Waals surface area contributed by atoms with Gasteiger partial charge in [-0.05, 0) is 71.6 Å². The molecule has 204 valence electrons. The molecule has 0 spiro atoms. The van der Waals surface area contributed by atoms with Gasteiger partial charge in [-0.15, -0.1) is 0 Å². The summed E-state index contributed by atoms with van der Waals surface area (Å²) in [6.07, 6.45) is 0.459. The van der Waals surface area contributed by atoms with E-state index in [9.17, 15) is 19.5 Å². The van der Waals surface area contributed by atoms with Crippen LogP contribution < -0.4 is 26.0 Å². The van der Waals surface area contributed by atoms with Gasteiger partial charge in [0.2, 0.25) is 11.8 Å². The molecule has 3 amide bonds. The van der Waals surface area contributed by atoms with Gasteiger partial charge in [0.15, 0.2) is 6.61 Å². The molecule has 0 fully saturated rings. The third-order valence-electron chi connectivity index (χ3n) is 6.45. The van der Waals surface area contributed by atoms with E-state index in [0.29, 0.717) is 17.2 Å². The lowest BCUT2D eigenvalue weighted by atomic mass is 9.92. The molecule has 4 rings (SSSR count). The Morgan fingerprint density at radius 2 is 1.72 bits per heavy atom. The molecule has 0 aromatic heterocycles. The predicted molar refractivity (Wildman–Crippen MR) is 141 cm³/mol. The number of hydrogen-bond acceptors (Lipinski definition) is 8. The first kappa shape index (κ1) is 27.4. The van der Waals surface area contributed by atoms with Crippen LogP contribution in [0.5, 0.6) is 17.2 Å². The second-order valence-electron chi connectivity index (χ2n) is 9.14. The fourth-order valence-electron chi connectivity index (χ4n) is 4.38. The summed E-state index contributed by atoms with van der Waals surface area (Å²) in [6, 6.07) is 16.7. The van der Waals surface area contributed by atoms with Crippen molar-refractivity contribution in [3.8, 4) is 17.2 Å². The van der Waals surface area contributed by atoms with Gasteiger partial charge < -0.3 is 30.5 Å². The summed E-state index contributed by atoms with van der Waals surface area (Å²) in [5, 5.41) is 21.1. The third kappa shape index (κ3) is 6.83. The number of fused-ring (bicyclic) bond motifs is 1. The van der Waals surface area contributed by atoms with Gasteiger partial charge in [0.05, 0.1) is 13.2 Å². The van der Waals surface area contributed by atoms with Gasteiger partial charge in [0, 0.05) is 18.7 Å². The van der Waals surface area contributed by atoms with Crippen molar-refractivity contribution >= 4 is 23.4 Å². The molecule has 1 aliphatic heterocycles. The van der Waals surface area contributed by atoms with Crippen LogP contribution in [0.25, 0.3) is 0 Å². The first-order valence-electron chi connectivity index (χ1n) is 12.2. The van der Waals surface area contributed by atoms with Gasteiger partial charge in [-0.2, -0.15) is 0 Å². The normalized spacial score (nSPS) is 15.1. The van der Waals surface area contributed by atoms with E-state index in [1.807, 2.05) is 0 Å². The first-order chi connectivity index (χ1) is 18.8. The van der Waals surface area contributed by atoms with Crippen molar-refractivity contribution in [1.82, 2.24) is 10.4 Å². The highest BCUT2D eigenvalue weighted by Gasteiger charge is 2.37. The van der Waals surface area contributed by atoms with E-state index in [2.05, 4.69) is 5.32 Å². The number of carbonyl (C=O) groups is 3. The van der Waals surface area contributed by atoms with Crippen LogP contribution in [0.3, 0.4) is 0 Å². The van der Waals surface area contributed by atoms with E-state index in [1.54, 1.807) is 61.7 Å². The van der Waals surface area contributed by atoms with Crippen molar-refractivity contribution in [1.29, 1.82) is 0 Å². The number of phenolic OH excluding ortho intramolecular Hbond substituents is 1. The molecule has 3 aromatic rings. The van der Waals surface area contributed by atoms with Gasteiger partial charge >= 0.3 is 0 Å². The van der Waals surface area contributed by atoms with E-state index in [-0.39, 0.29) is 37.6 Å². The highest BCUT2D eigenvalue weighted by atomic mass is 16.5. The summed E-state index contributed by atoms with van der Waals surface area (Å²) in [4.78, 5) is 39.9. The maximum absolute atomic E-state index is 13.6. The number of nitrogens with one attached hydrogen (secondary N) is 2. The topological polar surface area (TPSA) is 163 Å². The molecule has 0 saturated carbocycles. The highest BCUT2D eigenvalue weighted by molar-refractivity contribution is 5.98. The molecule has 0 saturated heterocycles. The number of carbonyl (C=O) groups excluding carboxylic acids is 3. The number of aromatic hydroxyl groups is 1. The number of nitrogens with two attached hydrogens (primary N) is 1. The SMILES string of the molecule is COc1ccc(NC(=O)[C@@H]2Cc3ccc(OCC(=O)NO)cc3CN2C(=O)[C@@H](N)Cc2ccc(O)cc2)cc1. The number of rotatable bonds is 9. The lowest BCUT2D eigenvalue weighted by molar-refractivity contribution is -0.141. The van der Waals surface area contributed by atoms with Gasteiger partial charge in [-0.1, -0.05) is 18.2 Å². The summed E-state index contributed by atoms with van der Waals surface area (Å²) in [7, 11) is 1.55. The summed E-state index contributed by atoms with van der Waals surface area (Å²) in [6.45, 7) is -0.288. The number of ether oxygens (including phenoxy) is 2. The highest BCUT2D eigenvalue weighted by Crippen LogP contribution is 2.29. The number of hydrogen-bond donors (Lipinski definition) is 5. The lowest BCUT2D eigenvalue weighted by Crippen LogP contribution is -2.55. The molecule has 3 aromatic carbocycles. The van der Waals surface area contributed by atoms with Crippen LogP contribution in [0, 0.1) is 0 Å². The standard InChI is InChI=1S/C28H30N4O7/c1-38-22-10-5-20(6-11-22)30-27(35)25-14-18-4-9-23(39-16-26(34)31-37)13-19(18)15-32(25)28(36)24(29)12-17-2-7-21(33)8-3-17/h2-11,13,24-25,33,37H,12,14-16,29H2,1H3,(H,30,35)(H,31,34)/t24-,25-/m0/s1. The Kier molecular flexibility index (Phi) is 8.64. The van der Waals surface area contributed by atoms with E-state index < -0.39 is 23.9 Å². The number of amides is 3. The van der Waals surface area contributed by atoms with Crippen molar-refractivity contribution < 1.29 is 34.2 Å². The van der Waals surface area contributed by atoms with Crippen LogP contribution in [0.1, 0.15) is 16.7 Å². The average Bonchev–Trinajstić information content (AvgIpc) is 2.96. The fraction of sp³-hybridized carbons (Fsp3) is 0.250. The Morgan fingerprint density at radius 1 is 1.03 bits per heavy atom. The lowest BCUT2D eigenvalue weighted by Gasteiger charge is -2.37. The van der Waals surface area contributed by atoms with Gasteiger partial charge in [-0.3, -0.25) is 19.6 Å². The molecule has 0 bridgehead atoms. The molecular weight excluding hydrogens is 504 g/mol. The Balaban J connectivity index is 1.57. The van der Waals surface area contributed by atoms with Crippen LogP contribution in [-0.4, -0.2) is 58.7 Å². The van der Waals surface area contributed by atoms with Crippen LogP contribution in [0.15, 0.2) is 66.7 Å². The summed E-state index contributed by atoms with van der Waals surface area (Å²) >= 11 is 0. The summed E-state index contributed by atoms with van der Waals surface area (Å²) < 4.78 is 10.6. The largest absolute Gasteiger partial charge is 0.508 e. The molecular formula is C28H30N4O7. The maximum Gasteiger partial charge on any atom is 0.281 e. The third-order valence-corrected chi connectivity index (χ3v) is 6.45. The maximum atomic E-state index is 13.6. The second-order valence-corrected chi connectivity index (χ2v) is 9.14. The monoisotopic (exact) mass is 534 g/mol. The zero-order chi connectivity index (χ0) is 27.9. The number of hydroxylamine groups is 1. The molecule has 39 heavy (non-hydrogen) atoms. The Hall–Kier alpha value is -4.61. The molecule has 6 N–H and O–H groups in total. The van der Waals surface area contributed by atoms with Gasteiger partial charge in [-0.25, -0.2) is 5.48 Å². The zero-order valence-corrected chi connectivity index (χ0v) is 21.3. The van der Waals surface area contributed by atoms with Crippen LogP contribution in [0.4, 0.5) is 5.69 Å². The molecule has 2 atom stereocenters. The molecule has 0 unspecified atom stereocenters. The van der Waals surface area contributed by atoms with Crippen LogP contribution >= 0.6 is 0 Å². The molecule has 0 aliphatic carbocycles. The van der Waals surface area contributed by atoms with Crippen molar-refractivity contribution in [2.45, 2.75) is 31.5 Å². The van der Waals surface area contributed by atoms with Gasteiger partial charge in [0.25, 0.3) is 5.91 Å². The molecule has 0 radical (unpaired) electrons. The number of benzene rings is 3. The minimum absolute atomic E-state index is 0.0988. The number of phenols is 1. The minimum Gasteiger partial charge on any atom is -0.508 e. The quantitative estimate of drug-likeness (QED) is 0.205. The van der Waals surface area contributed by atoms with Crippen LogP contribution in [-0.2, 0) is 33.8 Å². The Bertz CT molecular complexity index is 1330. The average molecular weight is 535 g/mol. The van der Waals surface area contributed by atoms with E-state index >= 15 is 0 Å². The van der Waals surface area contributed by atoms with Crippen molar-refractivity contribution in [3.63, 3.8) is 0 Å². The van der Waals surface area contributed by atoms with Crippen molar-refractivity contribution in [2.24, 2.45) is 5.73 Å². The molecule has 1 heterocycles. The summed E-state index contributed by atoms with van der Waals surface area (Å²) in [5.41, 5.74) is 10.7. The number of nitrogens with zero attached hydrogens (tertiary/aromatic N) is 1. The first-order valence-corrected chi connectivity index (χ1v) is 12.2. The fourth-order valence-corrected chi connectivity index (χ4v) is 4.38.